The fraction of sp³-hybridized carbons (Fsp3) is 0.208. The van der Waals surface area contributed by atoms with Gasteiger partial charge in [-0.05, 0) is 53.6 Å². The molecule has 0 aliphatic carbocycles. The van der Waals surface area contributed by atoms with Crippen molar-refractivity contribution in [3.8, 4) is 0 Å². The summed E-state index contributed by atoms with van der Waals surface area (Å²) in [5.74, 6) is -0.0473. The molecule has 3 aromatic carbocycles. The third-order valence-electron chi connectivity index (χ3n) is 5.28. The molecule has 2 amide bonds. The molecule has 0 unspecified atom stereocenters. The summed E-state index contributed by atoms with van der Waals surface area (Å²) in [7, 11) is -1.43. The van der Waals surface area contributed by atoms with E-state index in [1.54, 1.807) is 12.1 Å². The molecule has 1 aliphatic heterocycles. The Labute approximate surface area is 182 Å². The molecule has 1 aliphatic rings. The van der Waals surface area contributed by atoms with Crippen molar-refractivity contribution in [3.05, 3.63) is 95.1 Å². The summed E-state index contributed by atoms with van der Waals surface area (Å²) in [6.07, 6.45) is 0. The number of rotatable bonds is 6. The number of anilines is 1. The second kappa shape index (κ2) is 8.91. The fourth-order valence-corrected chi connectivity index (χ4v) is 5.05. The summed E-state index contributed by atoms with van der Waals surface area (Å²) in [5, 5.41) is 5.50. The minimum Gasteiger partial charge on any atom is -0.334 e. The van der Waals surface area contributed by atoms with Gasteiger partial charge >= 0.3 is 6.03 Å². The molecular formula is C24H25N3O3S. The minimum absolute atomic E-state index is 0.0473. The quantitative estimate of drug-likeness (QED) is 0.615. The van der Waals surface area contributed by atoms with E-state index >= 15 is 0 Å². The third-order valence-corrected chi connectivity index (χ3v) is 6.98. The van der Waals surface area contributed by atoms with Gasteiger partial charge in [-0.15, -0.1) is 0 Å². The Balaban J connectivity index is 1.37. The first-order chi connectivity index (χ1) is 14.9. The molecule has 0 radical (unpaired) electrons. The van der Waals surface area contributed by atoms with Crippen molar-refractivity contribution in [2.75, 3.05) is 12.4 Å². The smallest absolute Gasteiger partial charge is 0.319 e. The predicted molar refractivity (Wildman–Crippen MR) is 121 cm³/mol. The van der Waals surface area contributed by atoms with Crippen LogP contribution in [-0.2, 0) is 35.2 Å². The normalized spacial score (nSPS) is 13.6. The average Bonchev–Trinajstić information content (AvgIpc) is 3.12. The minimum atomic E-state index is -3.48. The van der Waals surface area contributed by atoms with E-state index in [1.165, 1.54) is 23.3 Å². The van der Waals surface area contributed by atoms with Gasteiger partial charge in [0.05, 0.1) is 10.6 Å². The van der Waals surface area contributed by atoms with E-state index in [1.807, 2.05) is 55.6 Å². The van der Waals surface area contributed by atoms with Crippen LogP contribution in [0.5, 0.6) is 0 Å². The largest absolute Gasteiger partial charge is 0.334 e. The Kier molecular flexibility index (Phi) is 6.06. The van der Waals surface area contributed by atoms with Gasteiger partial charge in [-0.3, -0.25) is 4.90 Å². The third kappa shape index (κ3) is 5.31. The number of amides is 2. The topological polar surface area (TPSA) is 78.5 Å². The van der Waals surface area contributed by atoms with Crippen LogP contribution in [0.3, 0.4) is 0 Å². The summed E-state index contributed by atoms with van der Waals surface area (Å²) in [4.78, 5) is 14.5. The van der Waals surface area contributed by atoms with Crippen LogP contribution in [0, 0.1) is 0 Å². The van der Waals surface area contributed by atoms with E-state index in [9.17, 15) is 13.2 Å². The molecule has 0 fully saturated rings. The highest BCUT2D eigenvalue weighted by molar-refractivity contribution is 7.90. The molecular weight excluding hydrogens is 410 g/mol. The van der Waals surface area contributed by atoms with Gasteiger partial charge < -0.3 is 10.6 Å². The maximum atomic E-state index is 12.8. The lowest BCUT2D eigenvalue weighted by Crippen LogP contribution is -2.28. The predicted octanol–water partition coefficient (Wildman–Crippen LogP) is 3.93. The first kappa shape index (κ1) is 21.1. The number of fused-ring (bicyclic) bond motifs is 1. The number of sulfone groups is 1. The van der Waals surface area contributed by atoms with Crippen LogP contribution >= 0.6 is 0 Å². The van der Waals surface area contributed by atoms with Gasteiger partial charge in [0.1, 0.15) is 0 Å². The number of hydrogen-bond donors (Lipinski definition) is 2. The van der Waals surface area contributed by atoms with Crippen LogP contribution in [0.15, 0.2) is 77.7 Å². The summed E-state index contributed by atoms with van der Waals surface area (Å²) >= 11 is 0. The highest BCUT2D eigenvalue weighted by Crippen LogP contribution is 2.25. The molecule has 0 spiro atoms. The zero-order chi connectivity index (χ0) is 21.8. The molecule has 0 saturated carbocycles. The number of urea groups is 1. The van der Waals surface area contributed by atoms with E-state index in [4.69, 9.17) is 0 Å². The van der Waals surface area contributed by atoms with Crippen LogP contribution in [-0.4, -0.2) is 26.4 Å². The van der Waals surface area contributed by atoms with Crippen LogP contribution in [0.25, 0.3) is 0 Å². The van der Waals surface area contributed by atoms with Gasteiger partial charge in [0.25, 0.3) is 0 Å². The second-order valence-electron chi connectivity index (χ2n) is 7.85. The van der Waals surface area contributed by atoms with E-state index in [0.29, 0.717) is 12.2 Å². The number of carbonyl (C=O) groups is 1. The van der Waals surface area contributed by atoms with Gasteiger partial charge in [-0.25, -0.2) is 13.2 Å². The number of nitrogens with one attached hydrogen (secondary N) is 2. The van der Waals surface area contributed by atoms with Gasteiger partial charge in [0.15, 0.2) is 9.84 Å². The van der Waals surface area contributed by atoms with Crippen LogP contribution in [0.4, 0.5) is 10.5 Å². The summed E-state index contributed by atoms with van der Waals surface area (Å²) in [5.41, 5.74) is 4.76. The van der Waals surface area contributed by atoms with E-state index in [-0.39, 0.29) is 16.7 Å². The van der Waals surface area contributed by atoms with Gasteiger partial charge in [0, 0.05) is 25.3 Å². The Bertz CT molecular complexity index is 1180. The Morgan fingerprint density at radius 3 is 2.35 bits per heavy atom. The van der Waals surface area contributed by atoms with Crippen molar-refractivity contribution in [1.29, 1.82) is 0 Å². The first-order valence-corrected chi connectivity index (χ1v) is 11.8. The van der Waals surface area contributed by atoms with Crippen molar-refractivity contribution in [3.63, 3.8) is 0 Å². The molecule has 0 bridgehead atoms. The first-order valence-electron chi connectivity index (χ1n) is 10.1. The molecule has 3 aromatic rings. The standard InChI is InChI=1S/C24H25N3O3S/c1-27-15-20-8-7-19(13-21(20)16-27)17-31(29,30)23-11-9-22(10-12-23)26-24(28)25-14-18-5-3-2-4-6-18/h2-13H,14-17H2,1H3,(H2,25,26,28). The second-order valence-corrected chi connectivity index (χ2v) is 9.84. The summed E-state index contributed by atoms with van der Waals surface area (Å²) in [6.45, 7) is 2.15. The van der Waals surface area contributed by atoms with Gasteiger partial charge in [0.2, 0.25) is 0 Å². The molecule has 7 heteroatoms. The Morgan fingerprint density at radius 1 is 0.903 bits per heavy atom. The fourth-order valence-electron chi connectivity index (χ4n) is 3.71. The molecule has 160 valence electrons. The molecule has 1 heterocycles. The van der Waals surface area contributed by atoms with Crippen molar-refractivity contribution >= 4 is 21.6 Å². The number of nitrogens with zero attached hydrogens (tertiary/aromatic N) is 1. The van der Waals surface area contributed by atoms with Gasteiger partial charge in [-0.2, -0.15) is 0 Å². The SMILES string of the molecule is CN1Cc2ccc(CS(=O)(=O)c3ccc(NC(=O)NCc4ccccc4)cc3)cc2C1. The molecule has 0 aromatic heterocycles. The molecule has 2 N–H and O–H groups in total. The number of hydrogen-bond acceptors (Lipinski definition) is 4. The summed E-state index contributed by atoms with van der Waals surface area (Å²) < 4.78 is 25.7. The van der Waals surface area contributed by atoms with Crippen LogP contribution in [0.1, 0.15) is 22.3 Å². The summed E-state index contributed by atoms with van der Waals surface area (Å²) in [6, 6.07) is 21.4. The maximum Gasteiger partial charge on any atom is 0.319 e. The van der Waals surface area contributed by atoms with Crippen molar-refractivity contribution < 1.29 is 13.2 Å². The Morgan fingerprint density at radius 2 is 1.61 bits per heavy atom. The van der Waals surface area contributed by atoms with Crippen molar-refractivity contribution in [2.24, 2.45) is 0 Å². The number of carbonyl (C=O) groups excluding carboxylic acids is 1. The lowest BCUT2D eigenvalue weighted by atomic mass is 10.1. The maximum absolute atomic E-state index is 12.8. The molecule has 0 atom stereocenters. The lowest BCUT2D eigenvalue weighted by molar-refractivity contribution is 0.251. The van der Waals surface area contributed by atoms with Crippen LogP contribution in [0.2, 0.25) is 0 Å². The highest BCUT2D eigenvalue weighted by atomic mass is 32.2. The van der Waals surface area contributed by atoms with Crippen molar-refractivity contribution in [2.45, 2.75) is 30.3 Å². The highest BCUT2D eigenvalue weighted by Gasteiger charge is 2.19. The lowest BCUT2D eigenvalue weighted by Gasteiger charge is -2.10. The molecule has 4 rings (SSSR count). The van der Waals surface area contributed by atoms with Gasteiger partial charge in [-0.1, -0.05) is 48.5 Å². The van der Waals surface area contributed by atoms with Crippen molar-refractivity contribution in [1.82, 2.24) is 10.2 Å². The Hall–Kier alpha value is -3.16. The monoisotopic (exact) mass is 435 g/mol. The molecule has 6 nitrogen and oxygen atoms in total. The molecule has 31 heavy (non-hydrogen) atoms. The molecule has 0 saturated heterocycles. The number of benzene rings is 3. The zero-order valence-electron chi connectivity index (χ0n) is 17.3. The van der Waals surface area contributed by atoms with Crippen LogP contribution < -0.4 is 10.6 Å². The zero-order valence-corrected chi connectivity index (χ0v) is 18.2. The van der Waals surface area contributed by atoms with E-state index < -0.39 is 9.84 Å². The average molecular weight is 436 g/mol. The van der Waals surface area contributed by atoms with E-state index in [0.717, 1.165) is 24.2 Å². The van der Waals surface area contributed by atoms with E-state index in [2.05, 4.69) is 15.5 Å².